The number of ether oxygens (including phenoxy) is 1. The van der Waals surface area contributed by atoms with Gasteiger partial charge in [-0.1, -0.05) is 48.0 Å². The second kappa shape index (κ2) is 9.60. The summed E-state index contributed by atoms with van der Waals surface area (Å²) in [6.45, 7) is 3.53. The average Bonchev–Trinajstić information content (AvgIpc) is 2.65. The van der Waals surface area contributed by atoms with Gasteiger partial charge in [0.25, 0.3) is 0 Å². The van der Waals surface area contributed by atoms with E-state index < -0.39 is 0 Å². The van der Waals surface area contributed by atoms with Crippen molar-refractivity contribution >= 4 is 18.3 Å². The zero-order chi connectivity index (χ0) is 17.6. The second-order valence-corrected chi connectivity index (χ2v) is 6.73. The molecule has 0 saturated carbocycles. The van der Waals surface area contributed by atoms with E-state index in [0.717, 1.165) is 37.2 Å². The molecule has 0 bridgehead atoms. The van der Waals surface area contributed by atoms with Gasteiger partial charge in [0, 0.05) is 38.4 Å². The molecular formula is C21H27ClN2O2. The van der Waals surface area contributed by atoms with Crippen LogP contribution >= 0.6 is 12.4 Å². The highest BCUT2D eigenvalue weighted by Gasteiger charge is 2.25. The predicted molar refractivity (Wildman–Crippen MR) is 107 cm³/mol. The molecule has 0 radical (unpaired) electrons. The van der Waals surface area contributed by atoms with Crippen molar-refractivity contribution in [3.63, 3.8) is 0 Å². The van der Waals surface area contributed by atoms with Crippen LogP contribution in [0.4, 0.5) is 0 Å². The van der Waals surface area contributed by atoms with Gasteiger partial charge in [0.15, 0.2) is 0 Å². The number of halogens is 1. The van der Waals surface area contributed by atoms with Gasteiger partial charge in [-0.2, -0.15) is 0 Å². The van der Waals surface area contributed by atoms with Crippen LogP contribution in [0.3, 0.4) is 0 Å². The van der Waals surface area contributed by atoms with Gasteiger partial charge in [-0.05, 0) is 24.6 Å². The molecule has 1 unspecified atom stereocenters. The molecule has 1 aliphatic heterocycles. The fourth-order valence-corrected chi connectivity index (χ4v) is 3.17. The molecule has 1 saturated heterocycles. The summed E-state index contributed by atoms with van der Waals surface area (Å²) in [7, 11) is 0. The highest BCUT2D eigenvalue weighted by molar-refractivity contribution is 5.85. The number of carbonyl (C=O) groups excluding carboxylic acids is 1. The van der Waals surface area contributed by atoms with Gasteiger partial charge in [-0.25, -0.2) is 0 Å². The fourth-order valence-electron chi connectivity index (χ4n) is 3.17. The lowest BCUT2D eigenvalue weighted by Gasteiger charge is -2.33. The van der Waals surface area contributed by atoms with Crippen molar-refractivity contribution in [1.29, 1.82) is 0 Å². The lowest BCUT2D eigenvalue weighted by atomic mass is 10.0. The summed E-state index contributed by atoms with van der Waals surface area (Å²) in [6.07, 6.45) is 2.25. The summed E-state index contributed by atoms with van der Waals surface area (Å²) >= 11 is 0. The molecule has 1 fully saturated rings. The third-order valence-corrected chi connectivity index (χ3v) is 4.74. The number of hydrogen-bond donors (Lipinski definition) is 1. The van der Waals surface area contributed by atoms with Crippen LogP contribution < -0.4 is 10.5 Å². The molecule has 2 N–H and O–H groups in total. The molecule has 0 spiro atoms. The third kappa shape index (κ3) is 5.48. The maximum atomic E-state index is 12.5. The van der Waals surface area contributed by atoms with Crippen LogP contribution in [0.2, 0.25) is 0 Å². The molecule has 4 nitrogen and oxygen atoms in total. The van der Waals surface area contributed by atoms with E-state index in [1.807, 2.05) is 47.4 Å². The first-order chi connectivity index (χ1) is 12.1. The van der Waals surface area contributed by atoms with Crippen LogP contribution in [-0.2, 0) is 4.79 Å². The Balaban J connectivity index is 0.00000243. The van der Waals surface area contributed by atoms with Crippen molar-refractivity contribution in [2.75, 3.05) is 13.1 Å². The molecule has 0 aromatic heterocycles. The van der Waals surface area contributed by atoms with Crippen LogP contribution in [0, 0.1) is 6.92 Å². The van der Waals surface area contributed by atoms with Gasteiger partial charge in [0.05, 0.1) is 0 Å². The first-order valence-corrected chi connectivity index (χ1v) is 8.93. The molecule has 26 heavy (non-hydrogen) atoms. The molecule has 1 atom stereocenters. The zero-order valence-corrected chi connectivity index (χ0v) is 16.0. The number of likely N-dealkylation sites (tertiary alicyclic amines) is 1. The monoisotopic (exact) mass is 374 g/mol. The molecule has 1 aliphatic rings. The quantitative estimate of drug-likeness (QED) is 0.864. The van der Waals surface area contributed by atoms with Crippen LogP contribution in [0.15, 0.2) is 54.6 Å². The molecular weight excluding hydrogens is 348 g/mol. The average molecular weight is 375 g/mol. The van der Waals surface area contributed by atoms with Crippen LogP contribution in [0.1, 0.15) is 36.4 Å². The first-order valence-electron chi connectivity index (χ1n) is 8.93. The molecule has 140 valence electrons. The van der Waals surface area contributed by atoms with E-state index in [1.165, 1.54) is 5.56 Å². The molecule has 1 heterocycles. The standard InChI is InChI=1S/C21H26N2O2.ClH/c1-16-7-9-18(10-8-16)25-19-11-13-23(14-12-19)21(24)15-20(22)17-5-3-2-4-6-17;/h2-10,19-20H,11-15,22H2,1H3;1H. The Morgan fingerprint density at radius 2 is 1.73 bits per heavy atom. The van der Waals surface area contributed by atoms with Crippen molar-refractivity contribution in [2.45, 2.75) is 38.3 Å². The molecule has 3 rings (SSSR count). The Bertz CT molecular complexity index is 683. The highest BCUT2D eigenvalue weighted by Crippen LogP contribution is 2.21. The number of nitrogens with zero attached hydrogens (tertiary/aromatic N) is 1. The minimum Gasteiger partial charge on any atom is -0.490 e. The van der Waals surface area contributed by atoms with Crippen LogP contribution in [-0.4, -0.2) is 30.0 Å². The van der Waals surface area contributed by atoms with E-state index in [-0.39, 0.29) is 30.5 Å². The minimum absolute atomic E-state index is 0. The number of piperidine rings is 1. The topological polar surface area (TPSA) is 55.6 Å². The second-order valence-electron chi connectivity index (χ2n) is 6.73. The number of rotatable bonds is 5. The molecule has 2 aromatic carbocycles. The Morgan fingerprint density at radius 3 is 2.35 bits per heavy atom. The summed E-state index contributed by atoms with van der Waals surface area (Å²) < 4.78 is 6.03. The van der Waals surface area contributed by atoms with E-state index in [1.54, 1.807) is 0 Å². The molecule has 2 aromatic rings. The van der Waals surface area contributed by atoms with Crippen molar-refractivity contribution in [2.24, 2.45) is 5.73 Å². The van der Waals surface area contributed by atoms with Crippen molar-refractivity contribution in [3.8, 4) is 5.75 Å². The van der Waals surface area contributed by atoms with Crippen LogP contribution in [0.5, 0.6) is 5.75 Å². The third-order valence-electron chi connectivity index (χ3n) is 4.74. The van der Waals surface area contributed by atoms with Crippen molar-refractivity contribution < 1.29 is 9.53 Å². The van der Waals surface area contributed by atoms with Crippen molar-refractivity contribution in [3.05, 3.63) is 65.7 Å². The SMILES string of the molecule is Cc1ccc(OC2CCN(C(=O)CC(N)c3ccccc3)CC2)cc1.Cl. The zero-order valence-electron chi connectivity index (χ0n) is 15.1. The normalized spacial score (nSPS) is 15.8. The van der Waals surface area contributed by atoms with Gasteiger partial charge in [0.2, 0.25) is 5.91 Å². The van der Waals surface area contributed by atoms with E-state index in [4.69, 9.17) is 10.5 Å². The van der Waals surface area contributed by atoms with Crippen LogP contribution in [0.25, 0.3) is 0 Å². The number of benzene rings is 2. The highest BCUT2D eigenvalue weighted by atomic mass is 35.5. The summed E-state index contributed by atoms with van der Waals surface area (Å²) in [5.74, 6) is 1.03. The largest absolute Gasteiger partial charge is 0.490 e. The Kier molecular flexibility index (Phi) is 7.49. The number of amides is 1. The van der Waals surface area contributed by atoms with Gasteiger partial charge in [-0.3, -0.25) is 4.79 Å². The Hall–Kier alpha value is -2.04. The molecule has 5 heteroatoms. The molecule has 0 aliphatic carbocycles. The summed E-state index contributed by atoms with van der Waals surface area (Å²) in [5, 5.41) is 0. The van der Waals surface area contributed by atoms with Gasteiger partial charge in [0.1, 0.15) is 11.9 Å². The Morgan fingerprint density at radius 1 is 1.12 bits per heavy atom. The Labute approximate surface area is 161 Å². The fraction of sp³-hybridized carbons (Fsp3) is 0.381. The summed E-state index contributed by atoms with van der Waals surface area (Å²) in [4.78, 5) is 14.4. The minimum atomic E-state index is -0.241. The smallest absolute Gasteiger partial charge is 0.224 e. The lowest BCUT2D eigenvalue weighted by Crippen LogP contribution is -2.42. The number of carbonyl (C=O) groups is 1. The van der Waals surface area contributed by atoms with E-state index in [2.05, 4.69) is 19.1 Å². The maximum Gasteiger partial charge on any atom is 0.224 e. The molecule has 1 amide bonds. The number of hydrogen-bond acceptors (Lipinski definition) is 3. The maximum absolute atomic E-state index is 12.5. The van der Waals surface area contributed by atoms with E-state index in [9.17, 15) is 4.79 Å². The summed E-state index contributed by atoms with van der Waals surface area (Å²) in [6, 6.07) is 17.7. The number of aryl methyl sites for hydroxylation is 1. The van der Waals surface area contributed by atoms with Gasteiger partial charge in [-0.15, -0.1) is 12.4 Å². The first kappa shape index (κ1) is 20.3. The van der Waals surface area contributed by atoms with E-state index >= 15 is 0 Å². The van der Waals surface area contributed by atoms with Gasteiger partial charge < -0.3 is 15.4 Å². The van der Waals surface area contributed by atoms with Gasteiger partial charge >= 0.3 is 0 Å². The van der Waals surface area contributed by atoms with Crippen molar-refractivity contribution in [1.82, 2.24) is 4.90 Å². The number of nitrogens with two attached hydrogens (primary N) is 1. The lowest BCUT2D eigenvalue weighted by molar-refractivity contribution is -0.133. The predicted octanol–water partition coefficient (Wildman–Crippen LogP) is 3.88. The van der Waals surface area contributed by atoms with E-state index in [0.29, 0.717) is 6.42 Å². The summed E-state index contributed by atoms with van der Waals surface area (Å²) in [5.41, 5.74) is 8.40.